The Hall–Kier alpha value is -1.44. The average molecular weight is 388 g/mol. The van der Waals surface area contributed by atoms with Gasteiger partial charge in [0.2, 0.25) is 5.91 Å². The topological polar surface area (TPSA) is 70.7 Å². The Morgan fingerprint density at radius 1 is 1.28 bits per heavy atom. The lowest BCUT2D eigenvalue weighted by molar-refractivity contribution is -0.137. The molecule has 1 unspecified atom stereocenters. The summed E-state index contributed by atoms with van der Waals surface area (Å²) in [5.74, 6) is 1.19. The molecule has 2 amide bonds. The monoisotopic (exact) mass is 387 g/mol. The Bertz CT molecular complexity index is 527. The van der Waals surface area contributed by atoms with Gasteiger partial charge in [0.05, 0.1) is 0 Å². The van der Waals surface area contributed by atoms with Crippen molar-refractivity contribution < 1.29 is 14.3 Å². The van der Waals surface area contributed by atoms with Crippen LogP contribution in [0, 0.1) is 0 Å². The number of nitrogens with one attached hydrogen (secondary N) is 2. The molecule has 0 aliphatic carbocycles. The number of halogens is 1. The Kier molecular flexibility index (Phi) is 10.4. The zero-order chi connectivity index (χ0) is 17.2. The summed E-state index contributed by atoms with van der Waals surface area (Å²) in [7, 11) is 0. The second-order valence-corrected chi connectivity index (χ2v) is 6.56. The van der Waals surface area contributed by atoms with Crippen molar-refractivity contribution in [3.8, 4) is 5.75 Å². The Labute approximate surface area is 159 Å². The maximum atomic E-state index is 12.6. The van der Waals surface area contributed by atoms with Crippen molar-refractivity contribution in [2.75, 3.05) is 44.8 Å². The zero-order valence-electron chi connectivity index (χ0n) is 14.4. The number of amides is 2. The molecular weight excluding hydrogens is 362 g/mol. The minimum Gasteiger partial charge on any atom is -0.484 e. The summed E-state index contributed by atoms with van der Waals surface area (Å²) >= 11 is 1.67. The molecule has 1 aliphatic rings. The third-order valence-electron chi connectivity index (χ3n) is 3.79. The van der Waals surface area contributed by atoms with Crippen molar-refractivity contribution >= 4 is 36.0 Å². The molecule has 1 heterocycles. The third kappa shape index (κ3) is 7.54. The maximum absolute atomic E-state index is 12.6. The molecule has 0 saturated carbocycles. The van der Waals surface area contributed by atoms with Crippen molar-refractivity contribution in [2.24, 2.45) is 0 Å². The Morgan fingerprint density at radius 2 is 1.96 bits per heavy atom. The van der Waals surface area contributed by atoms with Crippen molar-refractivity contribution in [3.63, 3.8) is 0 Å². The average Bonchev–Trinajstić information content (AvgIpc) is 2.64. The zero-order valence-corrected chi connectivity index (χ0v) is 16.0. The maximum Gasteiger partial charge on any atom is 0.258 e. The normalized spacial score (nSPS) is 15.0. The number of benzene rings is 1. The first-order valence-corrected chi connectivity index (χ1v) is 9.55. The molecule has 1 aliphatic heterocycles. The molecule has 0 aromatic heterocycles. The molecule has 1 saturated heterocycles. The van der Waals surface area contributed by atoms with Gasteiger partial charge in [0.15, 0.2) is 6.61 Å². The second-order valence-electron chi connectivity index (χ2n) is 5.58. The van der Waals surface area contributed by atoms with Crippen LogP contribution < -0.4 is 15.4 Å². The van der Waals surface area contributed by atoms with Crippen LogP contribution in [0.4, 0.5) is 0 Å². The van der Waals surface area contributed by atoms with Gasteiger partial charge in [-0.25, -0.2) is 0 Å². The second kappa shape index (κ2) is 12.0. The van der Waals surface area contributed by atoms with Gasteiger partial charge in [0, 0.05) is 26.2 Å². The Balaban J connectivity index is 0.00000312. The van der Waals surface area contributed by atoms with E-state index in [-0.39, 0.29) is 30.8 Å². The van der Waals surface area contributed by atoms with Crippen LogP contribution in [0.2, 0.25) is 0 Å². The summed E-state index contributed by atoms with van der Waals surface area (Å²) < 4.78 is 5.45. The molecule has 1 aromatic carbocycles. The number of ether oxygens (including phenoxy) is 1. The van der Waals surface area contributed by atoms with Crippen LogP contribution in [-0.2, 0) is 9.59 Å². The molecule has 8 heteroatoms. The summed E-state index contributed by atoms with van der Waals surface area (Å²) in [5.41, 5.74) is 0. The molecular formula is C17H26ClN3O3S. The lowest BCUT2D eigenvalue weighted by atomic mass is 10.1. The van der Waals surface area contributed by atoms with E-state index in [2.05, 4.69) is 10.6 Å². The van der Waals surface area contributed by atoms with Crippen LogP contribution in [0.25, 0.3) is 0 Å². The molecule has 2 rings (SSSR count). The first kappa shape index (κ1) is 21.6. The van der Waals surface area contributed by atoms with Gasteiger partial charge in [-0.3, -0.25) is 9.59 Å². The number of nitrogens with zero attached hydrogens (tertiary/aromatic N) is 1. The molecule has 0 spiro atoms. The number of carbonyl (C=O) groups excluding carboxylic acids is 2. The number of piperazine rings is 1. The molecule has 0 radical (unpaired) electrons. The van der Waals surface area contributed by atoms with E-state index in [4.69, 9.17) is 4.74 Å². The highest BCUT2D eigenvalue weighted by Gasteiger charge is 2.26. The summed E-state index contributed by atoms with van der Waals surface area (Å²) in [6.07, 6.45) is 2.62. The fraction of sp³-hybridized carbons (Fsp3) is 0.529. The van der Waals surface area contributed by atoms with Crippen LogP contribution in [0.5, 0.6) is 5.75 Å². The summed E-state index contributed by atoms with van der Waals surface area (Å²) in [4.78, 5) is 26.6. The summed E-state index contributed by atoms with van der Waals surface area (Å²) in [6.45, 7) is 2.88. The van der Waals surface area contributed by atoms with Gasteiger partial charge in [-0.15, -0.1) is 12.4 Å². The van der Waals surface area contributed by atoms with E-state index < -0.39 is 6.04 Å². The smallest absolute Gasteiger partial charge is 0.258 e. The molecule has 1 fully saturated rings. The lowest BCUT2D eigenvalue weighted by Gasteiger charge is -2.31. The number of para-hydroxylation sites is 1. The lowest BCUT2D eigenvalue weighted by Crippen LogP contribution is -2.54. The van der Waals surface area contributed by atoms with Crippen molar-refractivity contribution in [1.82, 2.24) is 15.5 Å². The predicted molar refractivity (Wildman–Crippen MR) is 104 cm³/mol. The SMILES string of the molecule is CSCCC(NC(=O)COc1ccccc1)C(=O)N1CCNCC1.Cl. The van der Waals surface area contributed by atoms with Gasteiger partial charge in [-0.05, 0) is 30.6 Å². The van der Waals surface area contributed by atoms with Gasteiger partial charge >= 0.3 is 0 Å². The highest BCUT2D eigenvalue weighted by atomic mass is 35.5. The minimum absolute atomic E-state index is 0. The number of carbonyl (C=O) groups is 2. The highest BCUT2D eigenvalue weighted by Crippen LogP contribution is 2.09. The van der Waals surface area contributed by atoms with E-state index in [0.717, 1.165) is 18.8 Å². The molecule has 2 N–H and O–H groups in total. The van der Waals surface area contributed by atoms with Crippen molar-refractivity contribution in [1.29, 1.82) is 0 Å². The van der Waals surface area contributed by atoms with Crippen LogP contribution in [-0.4, -0.2) is 67.6 Å². The van der Waals surface area contributed by atoms with Crippen LogP contribution in [0.3, 0.4) is 0 Å². The number of hydrogen-bond donors (Lipinski definition) is 2. The first-order chi connectivity index (χ1) is 11.7. The summed E-state index contributed by atoms with van der Waals surface area (Å²) in [5, 5.41) is 6.06. The molecule has 1 atom stereocenters. The van der Waals surface area contributed by atoms with Gasteiger partial charge in [-0.1, -0.05) is 18.2 Å². The largest absolute Gasteiger partial charge is 0.484 e. The fourth-order valence-corrected chi connectivity index (χ4v) is 2.97. The van der Waals surface area contributed by atoms with E-state index in [1.807, 2.05) is 29.4 Å². The number of hydrogen-bond acceptors (Lipinski definition) is 5. The van der Waals surface area contributed by atoms with Crippen molar-refractivity contribution in [2.45, 2.75) is 12.5 Å². The number of rotatable bonds is 8. The minimum atomic E-state index is -0.484. The molecule has 6 nitrogen and oxygen atoms in total. The predicted octanol–water partition coefficient (Wildman–Crippen LogP) is 1.16. The van der Waals surface area contributed by atoms with E-state index in [1.165, 1.54) is 0 Å². The first-order valence-electron chi connectivity index (χ1n) is 8.16. The highest BCUT2D eigenvalue weighted by molar-refractivity contribution is 7.98. The van der Waals surface area contributed by atoms with Crippen molar-refractivity contribution in [3.05, 3.63) is 30.3 Å². The Morgan fingerprint density at radius 3 is 2.60 bits per heavy atom. The van der Waals surface area contributed by atoms with Gasteiger partial charge < -0.3 is 20.3 Å². The van der Waals surface area contributed by atoms with Crippen LogP contribution >= 0.6 is 24.2 Å². The van der Waals surface area contributed by atoms with Gasteiger partial charge in [-0.2, -0.15) is 11.8 Å². The molecule has 25 heavy (non-hydrogen) atoms. The molecule has 0 bridgehead atoms. The van der Waals surface area contributed by atoms with Crippen LogP contribution in [0.1, 0.15) is 6.42 Å². The standard InChI is InChI=1S/C17H25N3O3S.ClH/c1-24-12-7-15(17(22)20-10-8-18-9-11-20)19-16(21)13-23-14-5-3-2-4-6-14;/h2-6,15,18H,7-13H2,1H3,(H,19,21);1H. The van der Waals surface area contributed by atoms with E-state index >= 15 is 0 Å². The summed E-state index contributed by atoms with van der Waals surface area (Å²) in [6, 6.07) is 8.69. The van der Waals surface area contributed by atoms with E-state index in [1.54, 1.807) is 23.9 Å². The van der Waals surface area contributed by atoms with Crippen LogP contribution in [0.15, 0.2) is 30.3 Å². The molecule has 140 valence electrons. The van der Waals surface area contributed by atoms with Gasteiger partial charge in [0.1, 0.15) is 11.8 Å². The van der Waals surface area contributed by atoms with E-state index in [0.29, 0.717) is 25.3 Å². The van der Waals surface area contributed by atoms with Gasteiger partial charge in [0.25, 0.3) is 5.91 Å². The van der Waals surface area contributed by atoms with E-state index in [9.17, 15) is 9.59 Å². The fourth-order valence-electron chi connectivity index (χ4n) is 2.50. The number of thioether (sulfide) groups is 1. The quantitative estimate of drug-likeness (QED) is 0.700. The molecule has 1 aromatic rings. The third-order valence-corrected chi connectivity index (χ3v) is 4.43.